The number of carbonyl (C=O) groups excluding carboxylic acids is 2. The van der Waals surface area contributed by atoms with E-state index in [4.69, 9.17) is 0 Å². The highest BCUT2D eigenvalue weighted by Gasteiger charge is 2.21. The Kier molecular flexibility index (Phi) is 5.26. The molecule has 3 rings (SSSR count). The molecule has 0 heterocycles. The van der Waals surface area contributed by atoms with Gasteiger partial charge < -0.3 is 10.6 Å². The van der Waals surface area contributed by atoms with Crippen LogP contribution in [0.5, 0.6) is 0 Å². The summed E-state index contributed by atoms with van der Waals surface area (Å²) in [5.41, 5.74) is 2.11. The zero-order chi connectivity index (χ0) is 16.8. The van der Waals surface area contributed by atoms with Crippen molar-refractivity contribution in [3.63, 3.8) is 0 Å². The van der Waals surface area contributed by atoms with Crippen LogP contribution in [0.25, 0.3) is 0 Å². The van der Waals surface area contributed by atoms with Crippen LogP contribution in [0.2, 0.25) is 0 Å². The van der Waals surface area contributed by atoms with Crippen LogP contribution < -0.4 is 10.6 Å². The van der Waals surface area contributed by atoms with Gasteiger partial charge in [-0.1, -0.05) is 48.9 Å². The molecule has 4 heteroatoms. The van der Waals surface area contributed by atoms with Crippen molar-refractivity contribution in [2.75, 3.05) is 5.32 Å². The van der Waals surface area contributed by atoms with Gasteiger partial charge in [0.15, 0.2) is 0 Å². The van der Waals surface area contributed by atoms with Crippen LogP contribution in [0, 0.1) is 5.92 Å². The van der Waals surface area contributed by atoms with Gasteiger partial charge in [-0.3, -0.25) is 9.59 Å². The summed E-state index contributed by atoms with van der Waals surface area (Å²) in [6, 6.07) is 16.9. The number of amides is 2. The van der Waals surface area contributed by atoms with Gasteiger partial charge in [0.05, 0.1) is 11.3 Å². The van der Waals surface area contributed by atoms with Gasteiger partial charge in [-0.25, -0.2) is 0 Å². The number of hydrogen-bond donors (Lipinski definition) is 2. The Morgan fingerprint density at radius 3 is 2.38 bits per heavy atom. The second-order valence-electron chi connectivity index (χ2n) is 6.26. The molecule has 0 atom stereocenters. The van der Waals surface area contributed by atoms with Crippen LogP contribution in [0.4, 0.5) is 5.69 Å². The van der Waals surface area contributed by atoms with Crippen molar-refractivity contribution in [3.8, 4) is 0 Å². The highest BCUT2D eigenvalue weighted by atomic mass is 16.2. The first kappa shape index (κ1) is 16.2. The number of carbonyl (C=O) groups is 2. The van der Waals surface area contributed by atoms with E-state index in [0.29, 0.717) is 30.1 Å². The van der Waals surface area contributed by atoms with Gasteiger partial charge in [0, 0.05) is 13.0 Å². The average molecular weight is 322 g/mol. The fraction of sp³-hybridized carbons (Fsp3) is 0.300. The summed E-state index contributed by atoms with van der Waals surface area (Å²) in [5, 5.41) is 5.79. The lowest BCUT2D eigenvalue weighted by atomic mass is 9.83. The van der Waals surface area contributed by atoms with Crippen molar-refractivity contribution in [2.45, 2.75) is 32.2 Å². The number of nitrogens with one attached hydrogen (secondary N) is 2. The Labute approximate surface area is 142 Å². The molecule has 1 fully saturated rings. The molecule has 2 amide bonds. The summed E-state index contributed by atoms with van der Waals surface area (Å²) < 4.78 is 0. The van der Waals surface area contributed by atoms with Crippen molar-refractivity contribution >= 4 is 17.5 Å². The van der Waals surface area contributed by atoms with E-state index in [1.807, 2.05) is 36.4 Å². The minimum atomic E-state index is -0.182. The Bertz CT molecular complexity index is 709. The lowest BCUT2D eigenvalue weighted by Crippen LogP contribution is -2.26. The molecule has 0 saturated heterocycles. The van der Waals surface area contributed by atoms with Crippen molar-refractivity contribution in [1.29, 1.82) is 0 Å². The van der Waals surface area contributed by atoms with Gasteiger partial charge in [-0.05, 0) is 36.5 Å². The lowest BCUT2D eigenvalue weighted by molar-refractivity contribution is -0.117. The SMILES string of the molecule is O=C(CC1CCC1)Nc1ccccc1C(=O)NCc1ccccc1. The van der Waals surface area contributed by atoms with Gasteiger partial charge in [0.25, 0.3) is 5.91 Å². The molecule has 1 aliphatic carbocycles. The standard InChI is InChI=1S/C20H22N2O2/c23-19(13-15-9-6-10-15)22-18-12-5-4-11-17(18)20(24)21-14-16-7-2-1-3-8-16/h1-5,7-8,11-12,15H,6,9-10,13-14H2,(H,21,24)(H,22,23). The topological polar surface area (TPSA) is 58.2 Å². The summed E-state index contributed by atoms with van der Waals surface area (Å²) in [4.78, 5) is 24.6. The Morgan fingerprint density at radius 2 is 1.67 bits per heavy atom. The Morgan fingerprint density at radius 1 is 0.958 bits per heavy atom. The molecule has 2 aromatic rings. The van der Waals surface area contributed by atoms with E-state index in [1.54, 1.807) is 18.2 Å². The van der Waals surface area contributed by atoms with Crippen LogP contribution in [0.3, 0.4) is 0 Å². The summed E-state index contributed by atoms with van der Waals surface area (Å²) in [6.45, 7) is 0.462. The third-order valence-electron chi connectivity index (χ3n) is 4.44. The van der Waals surface area contributed by atoms with Crippen LogP contribution in [0.1, 0.15) is 41.6 Å². The fourth-order valence-corrected chi connectivity index (χ4v) is 2.82. The number of rotatable bonds is 6. The largest absolute Gasteiger partial charge is 0.348 e. The summed E-state index contributed by atoms with van der Waals surface area (Å²) >= 11 is 0. The Balaban J connectivity index is 1.62. The van der Waals surface area contributed by atoms with Crippen LogP contribution in [-0.4, -0.2) is 11.8 Å². The molecule has 124 valence electrons. The van der Waals surface area contributed by atoms with Crippen molar-refractivity contribution in [2.24, 2.45) is 5.92 Å². The van der Waals surface area contributed by atoms with E-state index in [2.05, 4.69) is 10.6 Å². The molecule has 2 N–H and O–H groups in total. The zero-order valence-corrected chi connectivity index (χ0v) is 13.6. The van der Waals surface area contributed by atoms with Gasteiger partial charge in [0.1, 0.15) is 0 Å². The summed E-state index contributed by atoms with van der Waals surface area (Å²) in [5.74, 6) is 0.311. The molecule has 24 heavy (non-hydrogen) atoms. The van der Waals surface area contributed by atoms with Crippen LogP contribution in [0.15, 0.2) is 54.6 Å². The van der Waals surface area contributed by atoms with E-state index in [9.17, 15) is 9.59 Å². The summed E-state index contributed by atoms with van der Waals surface area (Å²) in [7, 11) is 0. The molecular weight excluding hydrogens is 300 g/mol. The highest BCUT2D eigenvalue weighted by Crippen LogP contribution is 2.29. The quantitative estimate of drug-likeness (QED) is 0.851. The van der Waals surface area contributed by atoms with E-state index in [1.165, 1.54) is 6.42 Å². The molecule has 4 nitrogen and oxygen atoms in total. The number of hydrogen-bond acceptors (Lipinski definition) is 2. The van der Waals surface area contributed by atoms with Crippen LogP contribution in [-0.2, 0) is 11.3 Å². The third-order valence-corrected chi connectivity index (χ3v) is 4.44. The van der Waals surface area contributed by atoms with Crippen LogP contribution >= 0.6 is 0 Å². The monoisotopic (exact) mass is 322 g/mol. The molecule has 2 aromatic carbocycles. The molecule has 1 saturated carbocycles. The number of anilines is 1. The van der Waals surface area contributed by atoms with Gasteiger partial charge in [0.2, 0.25) is 5.91 Å². The minimum absolute atomic E-state index is 0.0111. The smallest absolute Gasteiger partial charge is 0.253 e. The average Bonchev–Trinajstić information content (AvgIpc) is 2.57. The van der Waals surface area contributed by atoms with Gasteiger partial charge in [-0.2, -0.15) is 0 Å². The molecule has 0 unspecified atom stereocenters. The molecule has 0 aromatic heterocycles. The molecule has 0 bridgehead atoms. The Hall–Kier alpha value is -2.62. The predicted molar refractivity (Wildman–Crippen MR) is 94.6 cm³/mol. The third kappa shape index (κ3) is 4.22. The second kappa shape index (κ2) is 7.77. The van der Waals surface area contributed by atoms with Gasteiger partial charge in [-0.15, -0.1) is 0 Å². The minimum Gasteiger partial charge on any atom is -0.348 e. The summed E-state index contributed by atoms with van der Waals surface area (Å²) in [6.07, 6.45) is 4.02. The van der Waals surface area contributed by atoms with E-state index < -0.39 is 0 Å². The first-order valence-corrected chi connectivity index (χ1v) is 8.43. The maximum Gasteiger partial charge on any atom is 0.253 e. The highest BCUT2D eigenvalue weighted by molar-refractivity contribution is 6.03. The number of benzene rings is 2. The molecule has 0 spiro atoms. The zero-order valence-electron chi connectivity index (χ0n) is 13.6. The molecule has 0 radical (unpaired) electrons. The maximum atomic E-state index is 12.4. The molecule has 0 aliphatic heterocycles. The van der Waals surface area contributed by atoms with Crippen molar-refractivity contribution in [1.82, 2.24) is 5.32 Å². The predicted octanol–water partition coefficient (Wildman–Crippen LogP) is 3.75. The normalized spacial score (nSPS) is 13.8. The van der Waals surface area contributed by atoms with E-state index in [-0.39, 0.29) is 11.8 Å². The second-order valence-corrected chi connectivity index (χ2v) is 6.26. The van der Waals surface area contributed by atoms with Crippen molar-refractivity contribution in [3.05, 3.63) is 65.7 Å². The fourth-order valence-electron chi connectivity index (χ4n) is 2.82. The molecule has 1 aliphatic rings. The van der Waals surface area contributed by atoms with E-state index >= 15 is 0 Å². The van der Waals surface area contributed by atoms with E-state index in [0.717, 1.165) is 18.4 Å². The number of para-hydroxylation sites is 1. The maximum absolute atomic E-state index is 12.4. The first-order valence-electron chi connectivity index (χ1n) is 8.43. The lowest BCUT2D eigenvalue weighted by Gasteiger charge is -2.24. The molecular formula is C20H22N2O2. The van der Waals surface area contributed by atoms with Gasteiger partial charge >= 0.3 is 0 Å². The van der Waals surface area contributed by atoms with Crippen molar-refractivity contribution < 1.29 is 9.59 Å². The first-order chi connectivity index (χ1) is 11.7.